The van der Waals surface area contributed by atoms with Gasteiger partial charge in [-0.3, -0.25) is 14.4 Å². The molecule has 1 N–H and O–H groups in total. The molecule has 0 unspecified atom stereocenters. The Bertz CT molecular complexity index is 764. The topological polar surface area (TPSA) is 96.4 Å². The van der Waals surface area contributed by atoms with Crippen LogP contribution in [0, 0.1) is 11.8 Å². The van der Waals surface area contributed by atoms with Crippen LogP contribution in [0.3, 0.4) is 0 Å². The van der Waals surface area contributed by atoms with E-state index in [4.69, 9.17) is 14.6 Å². The second-order valence-electron chi connectivity index (χ2n) is 6.77. The van der Waals surface area contributed by atoms with Gasteiger partial charge in [-0.2, -0.15) is 0 Å². The van der Waals surface area contributed by atoms with E-state index in [2.05, 4.69) is 0 Å². The first-order valence-corrected chi connectivity index (χ1v) is 8.77. The Balaban J connectivity index is 1.46. The van der Waals surface area contributed by atoms with Crippen LogP contribution in [0.2, 0.25) is 0 Å². The molecule has 0 radical (unpaired) electrons. The van der Waals surface area contributed by atoms with Gasteiger partial charge < -0.3 is 24.4 Å². The van der Waals surface area contributed by atoms with Crippen molar-refractivity contribution in [2.24, 2.45) is 11.8 Å². The third kappa shape index (κ3) is 2.85. The largest absolute Gasteiger partial charge is 0.486 e. The summed E-state index contributed by atoms with van der Waals surface area (Å²) in [6.07, 6.45) is 0.869. The summed E-state index contributed by atoms with van der Waals surface area (Å²) in [4.78, 5) is 39.6. The standard InChI is InChI=1S/C18H20N2O6/c21-16(19-5-3-11(10-19)18(23)24)13-4-6-20(17(13)22)12-1-2-14-15(9-12)26-8-7-25-14/h1-2,9,11,13H,3-8,10H2,(H,23,24)/t11-,13+/m1/s1. The molecule has 4 rings (SSSR count). The fourth-order valence-electron chi connectivity index (χ4n) is 3.75. The highest BCUT2D eigenvalue weighted by atomic mass is 16.6. The smallest absolute Gasteiger partial charge is 0.308 e. The van der Waals surface area contributed by atoms with Gasteiger partial charge in [0.1, 0.15) is 19.1 Å². The fraction of sp³-hybridized carbons (Fsp3) is 0.500. The number of benzene rings is 1. The van der Waals surface area contributed by atoms with Gasteiger partial charge in [0.2, 0.25) is 11.8 Å². The molecular formula is C18H20N2O6. The molecular weight excluding hydrogens is 340 g/mol. The highest BCUT2D eigenvalue weighted by Gasteiger charge is 2.42. The van der Waals surface area contributed by atoms with E-state index in [0.717, 1.165) is 0 Å². The first-order chi connectivity index (χ1) is 12.5. The summed E-state index contributed by atoms with van der Waals surface area (Å²) < 4.78 is 11.0. The van der Waals surface area contributed by atoms with Gasteiger partial charge in [-0.25, -0.2) is 0 Å². The quantitative estimate of drug-likeness (QED) is 0.799. The van der Waals surface area contributed by atoms with Gasteiger partial charge in [0, 0.05) is 31.4 Å². The van der Waals surface area contributed by atoms with Crippen molar-refractivity contribution in [2.45, 2.75) is 12.8 Å². The Kier molecular flexibility index (Phi) is 4.18. The van der Waals surface area contributed by atoms with E-state index in [9.17, 15) is 14.4 Å². The number of carboxylic acids is 1. The minimum atomic E-state index is -0.893. The van der Waals surface area contributed by atoms with Crippen LogP contribution in [-0.4, -0.2) is 60.6 Å². The zero-order valence-corrected chi connectivity index (χ0v) is 14.2. The highest BCUT2D eigenvalue weighted by Crippen LogP contribution is 2.36. The van der Waals surface area contributed by atoms with Crippen LogP contribution < -0.4 is 14.4 Å². The lowest BCUT2D eigenvalue weighted by atomic mass is 10.1. The van der Waals surface area contributed by atoms with Crippen LogP contribution in [0.15, 0.2) is 18.2 Å². The molecule has 138 valence electrons. The van der Waals surface area contributed by atoms with Gasteiger partial charge in [0.25, 0.3) is 0 Å². The van der Waals surface area contributed by atoms with Gasteiger partial charge >= 0.3 is 5.97 Å². The summed E-state index contributed by atoms with van der Waals surface area (Å²) in [5, 5.41) is 9.08. The molecule has 0 spiro atoms. The molecule has 8 nitrogen and oxygen atoms in total. The predicted molar refractivity (Wildman–Crippen MR) is 90.2 cm³/mol. The van der Waals surface area contributed by atoms with Gasteiger partial charge in [0.15, 0.2) is 11.5 Å². The minimum absolute atomic E-state index is 0.183. The van der Waals surface area contributed by atoms with E-state index in [-0.39, 0.29) is 18.4 Å². The maximum Gasteiger partial charge on any atom is 0.308 e. The van der Waals surface area contributed by atoms with Crippen molar-refractivity contribution in [3.8, 4) is 11.5 Å². The van der Waals surface area contributed by atoms with Gasteiger partial charge in [-0.15, -0.1) is 0 Å². The third-order valence-corrected chi connectivity index (χ3v) is 5.19. The predicted octanol–water partition coefficient (Wildman–Crippen LogP) is 0.744. The van der Waals surface area contributed by atoms with E-state index < -0.39 is 17.8 Å². The summed E-state index contributed by atoms with van der Waals surface area (Å²) in [6.45, 7) is 1.99. The molecule has 2 atom stereocenters. The number of aliphatic carboxylic acids is 1. The summed E-state index contributed by atoms with van der Waals surface area (Å²) in [6, 6.07) is 5.31. The van der Waals surface area contributed by atoms with E-state index in [0.29, 0.717) is 56.3 Å². The number of nitrogens with zero attached hydrogens (tertiary/aromatic N) is 2. The van der Waals surface area contributed by atoms with Crippen LogP contribution >= 0.6 is 0 Å². The zero-order chi connectivity index (χ0) is 18.3. The lowest BCUT2D eigenvalue weighted by Crippen LogP contribution is -2.39. The maximum absolute atomic E-state index is 12.8. The molecule has 1 aromatic carbocycles. The van der Waals surface area contributed by atoms with Gasteiger partial charge in [-0.1, -0.05) is 0 Å². The van der Waals surface area contributed by atoms with Crippen molar-refractivity contribution in [2.75, 3.05) is 37.7 Å². The molecule has 0 bridgehead atoms. The van der Waals surface area contributed by atoms with Crippen LogP contribution in [0.4, 0.5) is 5.69 Å². The lowest BCUT2D eigenvalue weighted by Gasteiger charge is -2.23. The van der Waals surface area contributed by atoms with Crippen molar-refractivity contribution in [3.05, 3.63) is 18.2 Å². The molecule has 3 heterocycles. The SMILES string of the molecule is O=C(O)[C@@H]1CCN(C(=O)[C@@H]2CCN(c3ccc4c(c3)OCCO4)C2=O)C1. The molecule has 26 heavy (non-hydrogen) atoms. The monoisotopic (exact) mass is 360 g/mol. The van der Waals surface area contributed by atoms with Crippen LogP contribution in [-0.2, 0) is 14.4 Å². The number of anilines is 1. The molecule has 2 fully saturated rings. The molecule has 3 aliphatic heterocycles. The zero-order valence-electron chi connectivity index (χ0n) is 14.2. The lowest BCUT2D eigenvalue weighted by molar-refractivity contribution is -0.142. The molecule has 0 saturated carbocycles. The Morgan fingerprint density at radius 2 is 1.85 bits per heavy atom. The number of likely N-dealkylation sites (tertiary alicyclic amines) is 1. The Morgan fingerprint density at radius 3 is 2.58 bits per heavy atom. The number of carbonyl (C=O) groups is 3. The number of carboxylic acid groups (broad SMARTS) is 1. The average Bonchev–Trinajstić information content (AvgIpc) is 3.28. The van der Waals surface area contributed by atoms with E-state index >= 15 is 0 Å². The summed E-state index contributed by atoms with van der Waals surface area (Å²) in [7, 11) is 0. The average molecular weight is 360 g/mol. The first kappa shape index (κ1) is 16.7. The Morgan fingerprint density at radius 1 is 1.08 bits per heavy atom. The number of amides is 2. The molecule has 2 saturated heterocycles. The Hall–Kier alpha value is -2.77. The van der Waals surface area contributed by atoms with Crippen molar-refractivity contribution < 1.29 is 29.0 Å². The third-order valence-electron chi connectivity index (χ3n) is 5.19. The summed E-state index contributed by atoms with van der Waals surface area (Å²) >= 11 is 0. The molecule has 1 aromatic rings. The molecule has 0 aliphatic carbocycles. The van der Waals surface area contributed by atoms with E-state index in [1.807, 2.05) is 0 Å². The second-order valence-corrected chi connectivity index (χ2v) is 6.77. The number of carbonyl (C=O) groups excluding carboxylic acids is 2. The summed E-state index contributed by atoms with van der Waals surface area (Å²) in [5.41, 5.74) is 0.680. The maximum atomic E-state index is 12.8. The second kappa shape index (κ2) is 6.51. The minimum Gasteiger partial charge on any atom is -0.486 e. The number of hydrogen-bond donors (Lipinski definition) is 1. The van der Waals surface area contributed by atoms with E-state index in [1.165, 1.54) is 4.90 Å². The number of hydrogen-bond acceptors (Lipinski definition) is 5. The van der Waals surface area contributed by atoms with Crippen LogP contribution in [0.5, 0.6) is 11.5 Å². The van der Waals surface area contributed by atoms with E-state index in [1.54, 1.807) is 23.1 Å². The number of rotatable bonds is 3. The number of fused-ring (bicyclic) bond motifs is 1. The van der Waals surface area contributed by atoms with Crippen molar-refractivity contribution in [1.82, 2.24) is 4.90 Å². The van der Waals surface area contributed by atoms with Crippen molar-refractivity contribution >= 4 is 23.5 Å². The molecule has 2 amide bonds. The molecule has 3 aliphatic rings. The summed E-state index contributed by atoms with van der Waals surface area (Å²) in [5.74, 6) is -1.43. The van der Waals surface area contributed by atoms with Crippen molar-refractivity contribution in [1.29, 1.82) is 0 Å². The molecule has 8 heteroatoms. The van der Waals surface area contributed by atoms with Crippen LogP contribution in [0.1, 0.15) is 12.8 Å². The Labute approximate surface area is 150 Å². The normalized spacial score (nSPS) is 24.8. The number of ether oxygens (including phenoxy) is 2. The fourth-order valence-corrected chi connectivity index (χ4v) is 3.75. The highest BCUT2D eigenvalue weighted by molar-refractivity contribution is 6.09. The van der Waals surface area contributed by atoms with Crippen LogP contribution in [0.25, 0.3) is 0 Å². The first-order valence-electron chi connectivity index (χ1n) is 8.77. The van der Waals surface area contributed by atoms with Crippen molar-refractivity contribution in [3.63, 3.8) is 0 Å². The van der Waals surface area contributed by atoms with Gasteiger partial charge in [-0.05, 0) is 25.0 Å². The molecule has 0 aromatic heterocycles. The van der Waals surface area contributed by atoms with Gasteiger partial charge in [0.05, 0.1) is 5.92 Å².